The third kappa shape index (κ3) is 2.87. The normalized spacial score (nSPS) is 11.0. The predicted octanol–water partition coefficient (Wildman–Crippen LogP) is 5.02. The van der Waals surface area contributed by atoms with E-state index in [1.807, 2.05) is 6.07 Å². The van der Waals surface area contributed by atoms with Crippen molar-refractivity contribution in [1.82, 2.24) is 4.98 Å². The number of hydrogen-bond acceptors (Lipinski definition) is 2. The van der Waals surface area contributed by atoms with E-state index >= 15 is 0 Å². The van der Waals surface area contributed by atoms with Crippen LogP contribution in [0.1, 0.15) is 11.3 Å². The summed E-state index contributed by atoms with van der Waals surface area (Å²) in [6.45, 7) is 2.84. The number of fused-ring (bicyclic) bond motifs is 1. The first-order valence-electron chi connectivity index (χ1n) is 7.11. The molecule has 3 aromatic rings. The van der Waals surface area contributed by atoms with Gasteiger partial charge in [0.25, 0.3) is 0 Å². The Morgan fingerprint density at radius 1 is 1.14 bits per heavy atom. The van der Waals surface area contributed by atoms with Gasteiger partial charge in [-0.25, -0.2) is 0 Å². The van der Waals surface area contributed by atoms with Crippen LogP contribution < -0.4 is 11.1 Å². The number of aryl methyl sites for hydroxylation is 1. The van der Waals surface area contributed by atoms with Crippen LogP contribution in [0, 0.1) is 6.92 Å². The van der Waals surface area contributed by atoms with E-state index in [1.165, 1.54) is 22.2 Å². The van der Waals surface area contributed by atoms with Crippen LogP contribution in [0.4, 0.5) is 11.4 Å². The quantitative estimate of drug-likeness (QED) is 0.587. The Morgan fingerprint density at radius 3 is 2.55 bits per heavy atom. The average molecular weight is 334 g/mol. The van der Waals surface area contributed by atoms with Crippen LogP contribution in [-0.4, -0.2) is 11.5 Å². The maximum Gasteiger partial charge on any atom is 0.0720 e. The van der Waals surface area contributed by atoms with Gasteiger partial charge in [0.15, 0.2) is 0 Å². The van der Waals surface area contributed by atoms with Crippen LogP contribution >= 0.6 is 23.2 Å². The molecule has 0 saturated carbocycles. The number of nitrogens with two attached hydrogens (primary N) is 1. The molecule has 0 unspecified atom stereocenters. The molecule has 2 aromatic carbocycles. The van der Waals surface area contributed by atoms with Gasteiger partial charge in [0.2, 0.25) is 0 Å². The number of nitrogen functional groups attached to an aromatic ring is 1. The van der Waals surface area contributed by atoms with Gasteiger partial charge >= 0.3 is 0 Å². The topological polar surface area (TPSA) is 53.8 Å². The molecular formula is C17H17Cl2N3. The molecule has 0 aliphatic rings. The SMILES string of the molecule is Cc1[nH]c2ccccc2c1CCNc1c(Cl)cc(N)cc1Cl. The van der Waals surface area contributed by atoms with Crippen molar-refractivity contribution in [1.29, 1.82) is 0 Å². The summed E-state index contributed by atoms with van der Waals surface area (Å²) < 4.78 is 0. The number of para-hydroxylation sites is 1. The number of anilines is 2. The van der Waals surface area contributed by atoms with Crippen molar-refractivity contribution in [3.8, 4) is 0 Å². The molecule has 0 aliphatic heterocycles. The molecule has 0 amide bonds. The minimum Gasteiger partial charge on any atom is -0.399 e. The fraction of sp³-hybridized carbons (Fsp3) is 0.176. The molecule has 114 valence electrons. The van der Waals surface area contributed by atoms with Crippen LogP contribution in [0.25, 0.3) is 10.9 Å². The largest absolute Gasteiger partial charge is 0.399 e. The van der Waals surface area contributed by atoms with E-state index in [0.29, 0.717) is 15.7 Å². The maximum absolute atomic E-state index is 6.19. The number of benzene rings is 2. The molecular weight excluding hydrogens is 317 g/mol. The first kappa shape index (κ1) is 15.1. The third-order valence-corrected chi connectivity index (χ3v) is 4.36. The van der Waals surface area contributed by atoms with Crippen molar-refractivity contribution in [3.05, 3.63) is 57.7 Å². The van der Waals surface area contributed by atoms with E-state index in [2.05, 4.69) is 35.4 Å². The lowest BCUT2D eigenvalue weighted by Gasteiger charge is -2.11. The number of halogens is 2. The van der Waals surface area contributed by atoms with Gasteiger partial charge in [-0.15, -0.1) is 0 Å². The monoisotopic (exact) mass is 333 g/mol. The maximum atomic E-state index is 6.19. The number of rotatable bonds is 4. The molecule has 4 N–H and O–H groups in total. The molecule has 3 nitrogen and oxygen atoms in total. The highest BCUT2D eigenvalue weighted by Gasteiger charge is 2.10. The predicted molar refractivity (Wildman–Crippen MR) is 96.1 cm³/mol. The molecule has 3 rings (SSSR count). The highest BCUT2D eigenvalue weighted by molar-refractivity contribution is 6.39. The minimum atomic E-state index is 0.542. The lowest BCUT2D eigenvalue weighted by atomic mass is 10.1. The van der Waals surface area contributed by atoms with Gasteiger partial charge in [-0.05, 0) is 37.1 Å². The van der Waals surface area contributed by atoms with Gasteiger partial charge in [0, 0.05) is 28.8 Å². The average Bonchev–Trinajstić information content (AvgIpc) is 2.77. The fourth-order valence-electron chi connectivity index (χ4n) is 2.73. The highest BCUT2D eigenvalue weighted by Crippen LogP contribution is 2.33. The lowest BCUT2D eigenvalue weighted by Crippen LogP contribution is -2.06. The standard InChI is InChI=1S/C17H17Cl2N3/c1-10-12(13-4-2-3-5-16(13)22-10)6-7-21-17-14(18)8-11(20)9-15(17)19/h2-5,8-9,21-22H,6-7,20H2,1H3. The molecule has 0 aliphatic carbocycles. The Morgan fingerprint density at radius 2 is 1.82 bits per heavy atom. The van der Waals surface area contributed by atoms with Crippen LogP contribution in [-0.2, 0) is 6.42 Å². The molecule has 5 heteroatoms. The summed E-state index contributed by atoms with van der Waals surface area (Å²) in [5, 5.41) is 5.65. The fourth-order valence-corrected chi connectivity index (χ4v) is 3.37. The van der Waals surface area contributed by atoms with Gasteiger partial charge < -0.3 is 16.0 Å². The Labute approximate surface area is 139 Å². The first-order valence-corrected chi connectivity index (χ1v) is 7.86. The third-order valence-electron chi connectivity index (χ3n) is 3.77. The van der Waals surface area contributed by atoms with Crippen LogP contribution in [0.5, 0.6) is 0 Å². The molecule has 0 spiro atoms. The summed E-state index contributed by atoms with van der Waals surface area (Å²) in [5.41, 5.74) is 10.7. The molecule has 0 saturated heterocycles. The first-order chi connectivity index (χ1) is 10.6. The number of aromatic nitrogens is 1. The highest BCUT2D eigenvalue weighted by atomic mass is 35.5. The lowest BCUT2D eigenvalue weighted by molar-refractivity contribution is 1.01. The second kappa shape index (κ2) is 6.11. The van der Waals surface area contributed by atoms with Crippen LogP contribution in [0.2, 0.25) is 10.0 Å². The van der Waals surface area contributed by atoms with Gasteiger partial charge in [-0.2, -0.15) is 0 Å². The number of H-pyrrole nitrogens is 1. The summed E-state index contributed by atoms with van der Waals surface area (Å²) >= 11 is 12.4. The van der Waals surface area contributed by atoms with Crippen molar-refractivity contribution in [3.63, 3.8) is 0 Å². The second-order valence-corrected chi connectivity index (χ2v) is 6.12. The molecule has 0 fully saturated rings. The van der Waals surface area contributed by atoms with E-state index in [9.17, 15) is 0 Å². The van der Waals surface area contributed by atoms with Gasteiger partial charge in [0.1, 0.15) is 0 Å². The van der Waals surface area contributed by atoms with Crippen molar-refractivity contribution >= 4 is 45.5 Å². The van der Waals surface area contributed by atoms with Crippen molar-refractivity contribution in [2.45, 2.75) is 13.3 Å². The minimum absolute atomic E-state index is 0.542. The molecule has 0 radical (unpaired) electrons. The smallest absolute Gasteiger partial charge is 0.0720 e. The van der Waals surface area contributed by atoms with Crippen molar-refractivity contribution in [2.75, 3.05) is 17.6 Å². The van der Waals surface area contributed by atoms with Crippen LogP contribution in [0.3, 0.4) is 0 Å². The summed E-state index contributed by atoms with van der Waals surface area (Å²) in [6.07, 6.45) is 0.882. The van der Waals surface area contributed by atoms with Crippen molar-refractivity contribution in [2.24, 2.45) is 0 Å². The Bertz CT molecular complexity index is 801. The van der Waals surface area contributed by atoms with Gasteiger partial charge in [0.05, 0.1) is 15.7 Å². The van der Waals surface area contributed by atoms with E-state index < -0.39 is 0 Å². The Hall–Kier alpha value is -1.84. The Balaban J connectivity index is 1.77. The molecule has 0 bridgehead atoms. The number of aromatic amines is 1. The summed E-state index contributed by atoms with van der Waals surface area (Å²) in [4.78, 5) is 3.41. The molecule has 1 aromatic heterocycles. The zero-order valence-electron chi connectivity index (χ0n) is 12.2. The van der Waals surface area contributed by atoms with E-state index in [0.717, 1.165) is 18.7 Å². The van der Waals surface area contributed by atoms with Gasteiger partial charge in [-0.1, -0.05) is 41.4 Å². The Kier molecular flexibility index (Phi) is 4.19. The molecule has 1 heterocycles. The summed E-state index contributed by atoms with van der Waals surface area (Å²) in [5.74, 6) is 0. The molecule has 0 atom stereocenters. The zero-order valence-corrected chi connectivity index (χ0v) is 13.7. The van der Waals surface area contributed by atoms with E-state index in [-0.39, 0.29) is 0 Å². The summed E-state index contributed by atoms with van der Waals surface area (Å²) in [6, 6.07) is 11.7. The van der Waals surface area contributed by atoms with Gasteiger partial charge in [-0.3, -0.25) is 0 Å². The molecule has 22 heavy (non-hydrogen) atoms. The zero-order chi connectivity index (χ0) is 15.7. The van der Waals surface area contributed by atoms with Crippen LogP contribution in [0.15, 0.2) is 36.4 Å². The summed E-state index contributed by atoms with van der Waals surface area (Å²) in [7, 11) is 0. The number of hydrogen-bond donors (Lipinski definition) is 3. The van der Waals surface area contributed by atoms with E-state index in [4.69, 9.17) is 28.9 Å². The van der Waals surface area contributed by atoms with E-state index in [1.54, 1.807) is 12.1 Å². The number of nitrogens with one attached hydrogen (secondary N) is 2. The van der Waals surface area contributed by atoms with Crippen molar-refractivity contribution < 1.29 is 0 Å². The second-order valence-electron chi connectivity index (χ2n) is 5.31.